The van der Waals surface area contributed by atoms with Crippen molar-refractivity contribution >= 4 is 11.8 Å². The number of nitrogens with zero attached hydrogens (tertiary/aromatic N) is 2. The second-order valence-electron chi connectivity index (χ2n) is 5.04. The molecule has 1 fully saturated rings. The molecule has 0 radical (unpaired) electrons. The largest absolute Gasteiger partial charge is 0.478 e. The standard InChI is InChI=1S/C14H20N2O2/c1-3-12-7-11(14(17)18)8-13(15-12)16(2)9-10-5-4-6-10/h7-8,10H,3-6,9H2,1-2H3,(H,17,18). The number of anilines is 1. The van der Waals surface area contributed by atoms with Crippen LogP contribution in [0.5, 0.6) is 0 Å². The zero-order valence-electron chi connectivity index (χ0n) is 11.0. The molecule has 1 saturated carbocycles. The van der Waals surface area contributed by atoms with Crippen LogP contribution in [0.1, 0.15) is 42.2 Å². The van der Waals surface area contributed by atoms with E-state index in [1.54, 1.807) is 12.1 Å². The van der Waals surface area contributed by atoms with Crippen LogP contribution in [0.25, 0.3) is 0 Å². The van der Waals surface area contributed by atoms with E-state index in [-0.39, 0.29) is 0 Å². The fraction of sp³-hybridized carbons (Fsp3) is 0.571. The summed E-state index contributed by atoms with van der Waals surface area (Å²) in [4.78, 5) is 17.7. The Morgan fingerprint density at radius 1 is 1.50 bits per heavy atom. The molecule has 4 heteroatoms. The van der Waals surface area contributed by atoms with Crippen molar-refractivity contribution in [1.82, 2.24) is 4.98 Å². The Morgan fingerprint density at radius 3 is 2.72 bits per heavy atom. The minimum atomic E-state index is -0.884. The first-order valence-electron chi connectivity index (χ1n) is 6.55. The summed E-state index contributed by atoms with van der Waals surface area (Å²) < 4.78 is 0. The highest BCUT2D eigenvalue weighted by Gasteiger charge is 2.20. The molecule has 0 atom stereocenters. The fourth-order valence-electron chi connectivity index (χ4n) is 2.23. The summed E-state index contributed by atoms with van der Waals surface area (Å²) >= 11 is 0. The number of aromatic nitrogens is 1. The molecule has 0 unspecified atom stereocenters. The first kappa shape index (κ1) is 12.9. The van der Waals surface area contributed by atoms with E-state index in [0.717, 1.165) is 30.4 Å². The summed E-state index contributed by atoms with van der Waals surface area (Å²) in [7, 11) is 1.99. The van der Waals surface area contributed by atoms with Crippen molar-refractivity contribution in [2.45, 2.75) is 32.6 Å². The maximum Gasteiger partial charge on any atom is 0.335 e. The highest BCUT2D eigenvalue weighted by molar-refractivity contribution is 5.88. The van der Waals surface area contributed by atoms with E-state index in [1.165, 1.54) is 19.3 Å². The average Bonchev–Trinajstić information content (AvgIpc) is 2.32. The lowest BCUT2D eigenvalue weighted by Gasteiger charge is -2.31. The van der Waals surface area contributed by atoms with Gasteiger partial charge in [-0.2, -0.15) is 0 Å². The van der Waals surface area contributed by atoms with Gasteiger partial charge in [0.15, 0.2) is 0 Å². The Hall–Kier alpha value is -1.58. The van der Waals surface area contributed by atoms with Crippen LogP contribution in [0.3, 0.4) is 0 Å². The minimum Gasteiger partial charge on any atom is -0.478 e. The van der Waals surface area contributed by atoms with E-state index in [2.05, 4.69) is 9.88 Å². The molecule has 1 N–H and O–H groups in total. The molecule has 1 aromatic heterocycles. The Labute approximate surface area is 108 Å². The molecule has 0 aromatic carbocycles. The second kappa shape index (κ2) is 5.38. The van der Waals surface area contributed by atoms with E-state index in [4.69, 9.17) is 5.11 Å². The molecule has 1 heterocycles. The Kier molecular flexibility index (Phi) is 3.84. The van der Waals surface area contributed by atoms with Gasteiger partial charge >= 0.3 is 5.97 Å². The van der Waals surface area contributed by atoms with Crippen molar-refractivity contribution in [3.63, 3.8) is 0 Å². The molecule has 0 bridgehead atoms. The number of hydrogen-bond acceptors (Lipinski definition) is 3. The molecule has 98 valence electrons. The molecule has 0 spiro atoms. The van der Waals surface area contributed by atoms with Crippen molar-refractivity contribution in [2.75, 3.05) is 18.5 Å². The maximum atomic E-state index is 11.1. The molecule has 1 aliphatic rings. The smallest absolute Gasteiger partial charge is 0.335 e. The van der Waals surface area contributed by atoms with Gasteiger partial charge in [0.1, 0.15) is 5.82 Å². The fourth-order valence-corrected chi connectivity index (χ4v) is 2.23. The van der Waals surface area contributed by atoms with E-state index < -0.39 is 5.97 Å². The highest BCUT2D eigenvalue weighted by atomic mass is 16.4. The first-order chi connectivity index (χ1) is 8.60. The lowest BCUT2D eigenvalue weighted by molar-refractivity contribution is 0.0696. The Morgan fingerprint density at radius 2 is 2.22 bits per heavy atom. The zero-order chi connectivity index (χ0) is 13.1. The molecular weight excluding hydrogens is 228 g/mol. The summed E-state index contributed by atoms with van der Waals surface area (Å²) in [5, 5.41) is 9.10. The predicted octanol–water partition coefficient (Wildman–Crippen LogP) is 2.58. The van der Waals surface area contributed by atoms with E-state index in [9.17, 15) is 4.79 Å². The molecule has 2 rings (SSSR count). The SMILES string of the molecule is CCc1cc(C(=O)O)cc(N(C)CC2CCC2)n1. The Bertz CT molecular complexity index is 441. The van der Waals surface area contributed by atoms with Gasteiger partial charge in [0.2, 0.25) is 0 Å². The summed E-state index contributed by atoms with van der Waals surface area (Å²) in [6, 6.07) is 3.32. The molecule has 18 heavy (non-hydrogen) atoms. The number of carbonyl (C=O) groups is 1. The van der Waals surface area contributed by atoms with Crippen LogP contribution in [0.2, 0.25) is 0 Å². The van der Waals surface area contributed by atoms with E-state index in [0.29, 0.717) is 5.56 Å². The molecular formula is C14H20N2O2. The van der Waals surface area contributed by atoms with Crippen molar-refractivity contribution in [1.29, 1.82) is 0 Å². The van der Waals surface area contributed by atoms with Crippen LogP contribution in [-0.2, 0) is 6.42 Å². The van der Waals surface area contributed by atoms with Crippen molar-refractivity contribution in [3.8, 4) is 0 Å². The monoisotopic (exact) mass is 248 g/mol. The van der Waals surface area contributed by atoms with Crippen LogP contribution in [0, 0.1) is 5.92 Å². The van der Waals surface area contributed by atoms with Gasteiger partial charge < -0.3 is 10.0 Å². The van der Waals surface area contributed by atoms with Gasteiger partial charge in [-0.15, -0.1) is 0 Å². The van der Waals surface area contributed by atoms with Gasteiger partial charge in [-0.3, -0.25) is 0 Å². The van der Waals surface area contributed by atoms with Gasteiger partial charge in [0.05, 0.1) is 5.56 Å². The number of aryl methyl sites for hydroxylation is 1. The Balaban J connectivity index is 2.19. The zero-order valence-corrected chi connectivity index (χ0v) is 11.0. The molecule has 1 aromatic rings. The summed E-state index contributed by atoms with van der Waals surface area (Å²) in [6.45, 7) is 2.96. The number of rotatable bonds is 5. The lowest BCUT2D eigenvalue weighted by Crippen LogP contribution is -2.30. The number of hydrogen-bond donors (Lipinski definition) is 1. The number of carboxylic acids is 1. The van der Waals surface area contributed by atoms with E-state index >= 15 is 0 Å². The van der Waals surface area contributed by atoms with Gasteiger partial charge in [-0.25, -0.2) is 9.78 Å². The number of carboxylic acid groups (broad SMARTS) is 1. The van der Waals surface area contributed by atoms with Crippen LogP contribution >= 0.6 is 0 Å². The molecule has 0 saturated heterocycles. The minimum absolute atomic E-state index is 0.331. The van der Waals surface area contributed by atoms with Crippen molar-refractivity contribution in [2.24, 2.45) is 5.92 Å². The normalized spacial score (nSPS) is 15.2. The molecule has 1 aliphatic carbocycles. The van der Waals surface area contributed by atoms with Gasteiger partial charge in [-0.05, 0) is 37.3 Å². The quantitative estimate of drug-likeness (QED) is 0.870. The average molecular weight is 248 g/mol. The van der Waals surface area contributed by atoms with Crippen molar-refractivity contribution in [3.05, 3.63) is 23.4 Å². The predicted molar refractivity (Wildman–Crippen MR) is 71.2 cm³/mol. The summed E-state index contributed by atoms with van der Waals surface area (Å²) in [6.07, 6.45) is 4.64. The number of pyridine rings is 1. The van der Waals surface area contributed by atoms with Crippen LogP contribution < -0.4 is 4.90 Å². The third kappa shape index (κ3) is 2.81. The number of aromatic carboxylic acids is 1. The first-order valence-corrected chi connectivity index (χ1v) is 6.55. The highest BCUT2D eigenvalue weighted by Crippen LogP contribution is 2.28. The third-order valence-electron chi connectivity index (χ3n) is 3.62. The maximum absolute atomic E-state index is 11.1. The molecule has 0 amide bonds. The van der Waals surface area contributed by atoms with Gasteiger partial charge in [0, 0.05) is 19.3 Å². The van der Waals surface area contributed by atoms with Gasteiger partial charge in [-0.1, -0.05) is 13.3 Å². The molecule has 0 aliphatic heterocycles. The molecule has 4 nitrogen and oxygen atoms in total. The van der Waals surface area contributed by atoms with Crippen LogP contribution in [0.4, 0.5) is 5.82 Å². The van der Waals surface area contributed by atoms with E-state index in [1.807, 2.05) is 14.0 Å². The second-order valence-corrected chi connectivity index (χ2v) is 5.04. The summed E-state index contributed by atoms with van der Waals surface area (Å²) in [5.74, 6) is 0.638. The topological polar surface area (TPSA) is 53.4 Å². The summed E-state index contributed by atoms with van der Waals surface area (Å²) in [5.41, 5.74) is 1.17. The van der Waals surface area contributed by atoms with Crippen molar-refractivity contribution < 1.29 is 9.90 Å². The van der Waals surface area contributed by atoms with Crippen LogP contribution in [-0.4, -0.2) is 29.7 Å². The third-order valence-corrected chi connectivity index (χ3v) is 3.62. The van der Waals surface area contributed by atoms with Gasteiger partial charge in [0.25, 0.3) is 0 Å². The lowest BCUT2D eigenvalue weighted by atomic mass is 9.85. The van der Waals surface area contributed by atoms with Crippen LogP contribution in [0.15, 0.2) is 12.1 Å².